The second-order valence-electron chi connectivity index (χ2n) is 9.18. The number of amides is 2. The molecule has 1 spiro atoms. The van der Waals surface area contributed by atoms with Crippen LogP contribution in [0.4, 0.5) is 0 Å². The number of piperidine rings is 1. The molecule has 33 heavy (non-hydrogen) atoms. The Morgan fingerprint density at radius 1 is 1.03 bits per heavy atom. The van der Waals surface area contributed by atoms with Crippen molar-refractivity contribution < 1.29 is 9.59 Å². The fourth-order valence-corrected chi connectivity index (χ4v) is 5.35. The van der Waals surface area contributed by atoms with Crippen molar-refractivity contribution in [3.63, 3.8) is 0 Å². The number of carbonyl (C=O) groups is 2. The first-order valence-corrected chi connectivity index (χ1v) is 12.3. The number of halogens is 2. The Bertz CT molecular complexity index is 930. The molecule has 1 atom stereocenters. The van der Waals surface area contributed by atoms with Gasteiger partial charge in [0.1, 0.15) is 0 Å². The van der Waals surface area contributed by atoms with Gasteiger partial charge in [-0.2, -0.15) is 0 Å². The van der Waals surface area contributed by atoms with Gasteiger partial charge in [-0.1, -0.05) is 58.4 Å². The molecule has 4 rings (SSSR count). The maximum Gasteiger partial charge on any atom is 0.229 e. The summed E-state index contributed by atoms with van der Waals surface area (Å²) in [5, 5.41) is 3.09. The molecule has 0 bridgehead atoms. The van der Waals surface area contributed by atoms with E-state index in [1.165, 1.54) is 5.56 Å². The summed E-state index contributed by atoms with van der Waals surface area (Å²) < 4.78 is 1.06. The summed E-state index contributed by atoms with van der Waals surface area (Å²) in [5.41, 5.74) is 2.15. The largest absolute Gasteiger partial charge is 0.349 e. The van der Waals surface area contributed by atoms with Crippen LogP contribution in [0, 0.1) is 5.41 Å². The van der Waals surface area contributed by atoms with Gasteiger partial charge in [-0.05, 0) is 62.0 Å². The maximum atomic E-state index is 13.3. The van der Waals surface area contributed by atoms with Gasteiger partial charge in [0.2, 0.25) is 11.8 Å². The molecule has 2 saturated heterocycles. The van der Waals surface area contributed by atoms with Crippen LogP contribution < -0.4 is 5.32 Å². The van der Waals surface area contributed by atoms with Crippen molar-refractivity contribution in [1.29, 1.82) is 0 Å². The highest BCUT2D eigenvalue weighted by molar-refractivity contribution is 9.10. The first-order chi connectivity index (χ1) is 15.4. The van der Waals surface area contributed by atoms with Gasteiger partial charge in [0.25, 0.3) is 0 Å². The van der Waals surface area contributed by atoms with Crippen molar-refractivity contribution >= 4 is 40.2 Å². The predicted octanol–water partition coefficient (Wildman–Crippen LogP) is 4.95. The van der Waals surface area contributed by atoms with E-state index in [-0.39, 0.29) is 29.8 Å². The number of hydrogen-bond acceptors (Lipinski definition) is 3. The summed E-state index contributed by atoms with van der Waals surface area (Å²) in [7, 11) is 0. The zero-order chi connectivity index (χ0) is 22.6. The molecule has 1 unspecified atom stereocenters. The van der Waals surface area contributed by atoms with E-state index in [4.69, 9.17) is 0 Å². The lowest BCUT2D eigenvalue weighted by atomic mass is 9.77. The van der Waals surface area contributed by atoms with Crippen LogP contribution in [0.15, 0.2) is 59.1 Å². The van der Waals surface area contributed by atoms with Gasteiger partial charge in [-0.3, -0.25) is 9.59 Å². The van der Waals surface area contributed by atoms with Crippen molar-refractivity contribution in [3.8, 4) is 0 Å². The maximum absolute atomic E-state index is 13.3. The minimum absolute atomic E-state index is 0. The minimum Gasteiger partial charge on any atom is -0.349 e. The van der Waals surface area contributed by atoms with E-state index < -0.39 is 0 Å². The fraction of sp³-hybridized carbons (Fsp3) is 0.462. The molecule has 5 nitrogen and oxygen atoms in total. The molecule has 1 N–H and O–H groups in total. The van der Waals surface area contributed by atoms with Crippen LogP contribution >= 0.6 is 28.3 Å². The zero-order valence-corrected chi connectivity index (χ0v) is 21.5. The molecule has 178 valence electrons. The normalized spacial score (nSPS) is 18.7. The van der Waals surface area contributed by atoms with Crippen molar-refractivity contribution in [1.82, 2.24) is 15.1 Å². The van der Waals surface area contributed by atoms with Crippen LogP contribution in [0.3, 0.4) is 0 Å². The van der Waals surface area contributed by atoms with E-state index in [9.17, 15) is 9.59 Å². The van der Waals surface area contributed by atoms with Gasteiger partial charge in [0.05, 0.1) is 11.5 Å². The minimum atomic E-state index is -0.178. The van der Waals surface area contributed by atoms with Crippen molar-refractivity contribution in [2.75, 3.05) is 26.2 Å². The van der Waals surface area contributed by atoms with Gasteiger partial charge in [-0.15, -0.1) is 12.4 Å². The highest BCUT2D eigenvalue weighted by atomic mass is 79.9. The molecule has 2 heterocycles. The Hall–Kier alpha value is -1.89. The third kappa shape index (κ3) is 6.37. The zero-order valence-electron chi connectivity index (χ0n) is 19.1. The van der Waals surface area contributed by atoms with Crippen LogP contribution in [0.2, 0.25) is 0 Å². The topological polar surface area (TPSA) is 52.7 Å². The van der Waals surface area contributed by atoms with E-state index in [2.05, 4.69) is 50.4 Å². The van der Waals surface area contributed by atoms with Crippen molar-refractivity contribution in [2.24, 2.45) is 5.41 Å². The lowest BCUT2D eigenvalue weighted by Crippen LogP contribution is -2.45. The van der Waals surface area contributed by atoms with Gasteiger partial charge < -0.3 is 15.1 Å². The number of nitrogens with zero attached hydrogens (tertiary/aromatic N) is 2. The Balaban J connectivity index is 0.00000306. The molecule has 0 aromatic heterocycles. The monoisotopic (exact) mass is 533 g/mol. The number of benzene rings is 2. The summed E-state index contributed by atoms with van der Waals surface area (Å²) in [6.07, 6.45) is 3.70. The Morgan fingerprint density at radius 3 is 2.30 bits per heavy atom. The molecule has 2 aliphatic heterocycles. The van der Waals surface area contributed by atoms with E-state index >= 15 is 0 Å². The van der Waals surface area contributed by atoms with Crippen LogP contribution in [-0.4, -0.2) is 47.8 Å². The average molecular weight is 535 g/mol. The van der Waals surface area contributed by atoms with Crippen LogP contribution in [0.1, 0.15) is 49.8 Å². The van der Waals surface area contributed by atoms with Gasteiger partial charge >= 0.3 is 0 Å². The Labute approximate surface area is 211 Å². The molecule has 2 fully saturated rings. The van der Waals surface area contributed by atoms with Gasteiger partial charge in [0, 0.05) is 31.0 Å². The highest BCUT2D eigenvalue weighted by Crippen LogP contribution is 2.42. The predicted molar refractivity (Wildman–Crippen MR) is 137 cm³/mol. The summed E-state index contributed by atoms with van der Waals surface area (Å²) in [6, 6.07) is 18.4. The molecule has 0 aliphatic carbocycles. The third-order valence-electron chi connectivity index (χ3n) is 7.01. The SMILES string of the molecule is CC(=O)NC(CCN1CCC2(CC1)CCN(Cc1ccc(Br)cc1)C2=O)c1ccccc1.Cl. The van der Waals surface area contributed by atoms with E-state index in [1.54, 1.807) is 6.92 Å². The Kier molecular flexibility index (Phi) is 8.96. The van der Waals surface area contributed by atoms with Gasteiger partial charge in [-0.25, -0.2) is 0 Å². The molecule has 0 radical (unpaired) electrons. The second-order valence-corrected chi connectivity index (χ2v) is 10.1. The molecular formula is C26H33BrClN3O2. The van der Waals surface area contributed by atoms with Crippen LogP contribution in [0.25, 0.3) is 0 Å². The summed E-state index contributed by atoms with van der Waals surface area (Å²) in [5.74, 6) is 0.333. The highest BCUT2D eigenvalue weighted by Gasteiger charge is 2.47. The number of carbonyl (C=O) groups excluding carboxylic acids is 2. The van der Waals surface area contributed by atoms with E-state index in [0.29, 0.717) is 12.5 Å². The average Bonchev–Trinajstić information content (AvgIpc) is 3.09. The number of nitrogens with one attached hydrogen (secondary N) is 1. The molecule has 7 heteroatoms. The van der Waals surface area contributed by atoms with E-state index in [0.717, 1.165) is 61.9 Å². The van der Waals surface area contributed by atoms with Crippen LogP contribution in [-0.2, 0) is 16.1 Å². The number of hydrogen-bond donors (Lipinski definition) is 1. The van der Waals surface area contributed by atoms with Gasteiger partial charge in [0.15, 0.2) is 0 Å². The number of rotatable bonds is 7. The van der Waals surface area contributed by atoms with E-state index in [1.807, 2.05) is 35.2 Å². The number of likely N-dealkylation sites (tertiary alicyclic amines) is 2. The third-order valence-corrected chi connectivity index (χ3v) is 7.54. The molecular weight excluding hydrogens is 502 g/mol. The lowest BCUT2D eigenvalue weighted by Gasteiger charge is -2.38. The summed E-state index contributed by atoms with van der Waals surface area (Å²) in [6.45, 7) is 5.94. The van der Waals surface area contributed by atoms with Crippen molar-refractivity contribution in [2.45, 2.75) is 45.2 Å². The molecule has 2 aliphatic rings. The summed E-state index contributed by atoms with van der Waals surface area (Å²) >= 11 is 3.47. The molecule has 2 aromatic carbocycles. The quantitative estimate of drug-likeness (QED) is 0.547. The molecule has 0 saturated carbocycles. The van der Waals surface area contributed by atoms with Crippen molar-refractivity contribution in [3.05, 3.63) is 70.2 Å². The first-order valence-electron chi connectivity index (χ1n) is 11.5. The first kappa shape index (κ1) is 25.7. The lowest BCUT2D eigenvalue weighted by molar-refractivity contribution is -0.139. The van der Waals surface area contributed by atoms with Crippen LogP contribution in [0.5, 0.6) is 0 Å². The fourth-order valence-electron chi connectivity index (χ4n) is 5.09. The molecule has 2 aromatic rings. The Morgan fingerprint density at radius 2 is 1.67 bits per heavy atom. The summed E-state index contributed by atoms with van der Waals surface area (Å²) in [4.78, 5) is 29.5. The smallest absolute Gasteiger partial charge is 0.229 e. The molecule has 2 amide bonds. The second kappa shape index (κ2) is 11.5. The standard InChI is InChI=1S/C26H32BrN3O2.ClH/c1-20(31)28-24(22-5-3-2-4-6-22)11-15-29-16-12-26(13-17-29)14-18-30(25(26)32)19-21-7-9-23(27)10-8-21;/h2-10,24H,11-19H2,1H3,(H,28,31);1H.